The molecule has 0 aliphatic rings. The lowest BCUT2D eigenvalue weighted by Crippen LogP contribution is -2.17. The maximum atomic E-state index is 14.7. The van der Waals surface area contributed by atoms with Crippen LogP contribution in [0.4, 0.5) is 48.3 Å². The van der Waals surface area contributed by atoms with Crippen molar-refractivity contribution in [3.8, 4) is 11.5 Å². The molecule has 0 bridgehead atoms. The van der Waals surface area contributed by atoms with Crippen molar-refractivity contribution in [3.63, 3.8) is 0 Å². The fourth-order valence-electron chi connectivity index (χ4n) is 3.30. The zero-order valence-electron chi connectivity index (χ0n) is 18.2. The summed E-state index contributed by atoms with van der Waals surface area (Å²) in [6, 6.07) is 1.90. The highest BCUT2D eigenvalue weighted by atomic mass is 19.2. The number of rotatable bonds is 4. The Bertz CT molecular complexity index is 1720. The third-order valence-electron chi connectivity index (χ3n) is 5.12. The van der Waals surface area contributed by atoms with Gasteiger partial charge in [0.2, 0.25) is 5.82 Å². The number of benzene rings is 4. The summed E-state index contributed by atoms with van der Waals surface area (Å²) in [6.07, 6.45) is 0. The Kier molecular flexibility index (Phi) is 6.93. The molecule has 0 atom stereocenters. The van der Waals surface area contributed by atoms with E-state index in [0.29, 0.717) is 12.1 Å². The standard InChI is InChI=1S/C24H5F11O4/c25-9-4-7(14(28)18(32)16(9)30)23(36)38-11-3-1-2-6-12(11)22(21(35)20(34)13(6)27)39-24(37)8-5-10(26)17(31)19(33)15(8)29/h1-5H. The molecule has 0 saturated heterocycles. The zero-order valence-corrected chi connectivity index (χ0v) is 18.2. The molecule has 4 rings (SSSR count). The summed E-state index contributed by atoms with van der Waals surface area (Å²) in [7, 11) is 0. The predicted molar refractivity (Wildman–Crippen MR) is 106 cm³/mol. The molecule has 0 amide bonds. The van der Waals surface area contributed by atoms with Crippen molar-refractivity contribution in [1.29, 1.82) is 0 Å². The minimum atomic E-state index is -2.48. The molecule has 39 heavy (non-hydrogen) atoms. The van der Waals surface area contributed by atoms with Crippen LogP contribution in [-0.2, 0) is 0 Å². The summed E-state index contributed by atoms with van der Waals surface area (Å²) in [6.45, 7) is 0. The van der Waals surface area contributed by atoms with Crippen molar-refractivity contribution in [2.75, 3.05) is 0 Å². The van der Waals surface area contributed by atoms with Crippen molar-refractivity contribution in [2.24, 2.45) is 0 Å². The Morgan fingerprint density at radius 2 is 0.974 bits per heavy atom. The molecule has 0 heterocycles. The molecule has 0 aromatic heterocycles. The molecular formula is C24H5F11O4. The molecule has 0 spiro atoms. The second-order valence-corrected chi connectivity index (χ2v) is 7.42. The van der Waals surface area contributed by atoms with Gasteiger partial charge in [0.15, 0.2) is 63.9 Å². The van der Waals surface area contributed by atoms with Gasteiger partial charge in [-0.15, -0.1) is 0 Å². The van der Waals surface area contributed by atoms with Gasteiger partial charge < -0.3 is 9.47 Å². The van der Waals surface area contributed by atoms with Crippen LogP contribution in [0.3, 0.4) is 0 Å². The number of carbonyl (C=O) groups excluding carboxylic acids is 2. The van der Waals surface area contributed by atoms with Crippen LogP contribution in [-0.4, -0.2) is 11.9 Å². The molecule has 202 valence electrons. The monoisotopic (exact) mass is 566 g/mol. The summed E-state index contributed by atoms with van der Waals surface area (Å²) in [5.41, 5.74) is -3.22. The Labute approximate surface area is 207 Å². The molecular weight excluding hydrogens is 561 g/mol. The summed E-state index contributed by atoms with van der Waals surface area (Å²) in [5.74, 6) is -31.7. The maximum absolute atomic E-state index is 14.7. The van der Waals surface area contributed by atoms with E-state index in [2.05, 4.69) is 9.47 Å². The Morgan fingerprint density at radius 1 is 0.513 bits per heavy atom. The lowest BCUT2D eigenvalue weighted by atomic mass is 10.1. The molecule has 4 aromatic rings. The number of ether oxygens (including phenoxy) is 2. The highest BCUT2D eigenvalue weighted by Gasteiger charge is 2.31. The summed E-state index contributed by atoms with van der Waals surface area (Å²) in [4.78, 5) is 24.8. The van der Waals surface area contributed by atoms with Crippen LogP contribution in [0.2, 0.25) is 0 Å². The topological polar surface area (TPSA) is 52.6 Å². The molecule has 4 aromatic carbocycles. The second kappa shape index (κ2) is 9.89. The van der Waals surface area contributed by atoms with E-state index in [0.717, 1.165) is 6.07 Å². The number of esters is 2. The van der Waals surface area contributed by atoms with E-state index < -0.39 is 109 Å². The Balaban J connectivity index is 1.87. The number of hydrogen-bond donors (Lipinski definition) is 0. The quantitative estimate of drug-likeness (QED) is 0.0896. The van der Waals surface area contributed by atoms with Gasteiger partial charge in [-0.05, 0) is 18.2 Å². The van der Waals surface area contributed by atoms with Gasteiger partial charge in [0.1, 0.15) is 16.9 Å². The molecule has 0 unspecified atom stereocenters. The van der Waals surface area contributed by atoms with Gasteiger partial charge in [-0.3, -0.25) is 0 Å². The first kappa shape index (κ1) is 27.3. The highest BCUT2D eigenvalue weighted by Crippen LogP contribution is 2.40. The van der Waals surface area contributed by atoms with E-state index in [-0.39, 0.29) is 12.1 Å². The van der Waals surface area contributed by atoms with Crippen molar-refractivity contribution in [2.45, 2.75) is 0 Å². The molecule has 4 nitrogen and oxygen atoms in total. The average molecular weight is 566 g/mol. The lowest BCUT2D eigenvalue weighted by molar-refractivity contribution is 0.0721. The van der Waals surface area contributed by atoms with Crippen LogP contribution in [0.25, 0.3) is 10.8 Å². The van der Waals surface area contributed by atoms with E-state index in [9.17, 15) is 57.9 Å². The third-order valence-corrected chi connectivity index (χ3v) is 5.12. The smallest absolute Gasteiger partial charge is 0.346 e. The van der Waals surface area contributed by atoms with Gasteiger partial charge in [-0.25, -0.2) is 53.5 Å². The van der Waals surface area contributed by atoms with Crippen LogP contribution in [0, 0.1) is 64.0 Å². The molecule has 0 aliphatic heterocycles. The van der Waals surface area contributed by atoms with Gasteiger partial charge in [-0.2, -0.15) is 4.39 Å². The van der Waals surface area contributed by atoms with Gasteiger partial charge in [0.25, 0.3) is 0 Å². The molecule has 0 radical (unpaired) electrons. The van der Waals surface area contributed by atoms with Gasteiger partial charge in [0, 0.05) is 5.39 Å². The first-order chi connectivity index (χ1) is 18.3. The van der Waals surface area contributed by atoms with E-state index in [1.807, 2.05) is 0 Å². The van der Waals surface area contributed by atoms with Crippen LogP contribution < -0.4 is 9.47 Å². The molecule has 15 heteroatoms. The number of carbonyl (C=O) groups is 2. The van der Waals surface area contributed by atoms with Crippen molar-refractivity contribution >= 4 is 22.7 Å². The van der Waals surface area contributed by atoms with E-state index in [1.165, 1.54) is 0 Å². The van der Waals surface area contributed by atoms with E-state index in [4.69, 9.17) is 0 Å². The zero-order chi connectivity index (χ0) is 28.9. The fourth-order valence-corrected chi connectivity index (χ4v) is 3.30. The summed E-state index contributed by atoms with van der Waals surface area (Å²) >= 11 is 0. The van der Waals surface area contributed by atoms with Crippen LogP contribution in [0.15, 0.2) is 30.3 Å². The maximum Gasteiger partial charge on any atom is 0.346 e. The van der Waals surface area contributed by atoms with Crippen molar-refractivity contribution in [1.82, 2.24) is 0 Å². The highest BCUT2D eigenvalue weighted by molar-refractivity contribution is 6.01. The normalized spacial score (nSPS) is 11.2. The summed E-state index contributed by atoms with van der Waals surface area (Å²) < 4.78 is 161. The van der Waals surface area contributed by atoms with Crippen LogP contribution in [0.5, 0.6) is 11.5 Å². The minimum Gasteiger partial charge on any atom is -0.422 e. The fraction of sp³-hybridized carbons (Fsp3) is 0. The third kappa shape index (κ3) is 4.49. The minimum absolute atomic E-state index is 0.122. The van der Waals surface area contributed by atoms with E-state index in [1.54, 1.807) is 0 Å². The van der Waals surface area contributed by atoms with Gasteiger partial charge in [0.05, 0.1) is 5.39 Å². The average Bonchev–Trinajstić information content (AvgIpc) is 2.91. The number of halogens is 11. The largest absolute Gasteiger partial charge is 0.422 e. The van der Waals surface area contributed by atoms with Crippen molar-refractivity contribution in [3.05, 3.63) is 105 Å². The van der Waals surface area contributed by atoms with Gasteiger partial charge in [-0.1, -0.05) is 12.1 Å². The molecule has 0 saturated carbocycles. The number of hydrogen-bond acceptors (Lipinski definition) is 4. The Morgan fingerprint density at radius 3 is 1.49 bits per heavy atom. The first-order valence-electron chi connectivity index (χ1n) is 9.95. The molecule has 0 aliphatic carbocycles. The number of fused-ring (bicyclic) bond motifs is 1. The van der Waals surface area contributed by atoms with Crippen molar-refractivity contribution < 1.29 is 67.4 Å². The summed E-state index contributed by atoms with van der Waals surface area (Å²) in [5, 5.41) is -2.14. The first-order valence-corrected chi connectivity index (χ1v) is 9.95. The SMILES string of the molecule is O=C(Oc1cccc2c(F)c(F)c(F)c(OC(=O)c3cc(F)c(F)c(F)c3F)c12)c1cc(F)c(F)c(F)c1F. The van der Waals surface area contributed by atoms with E-state index >= 15 is 0 Å². The lowest BCUT2D eigenvalue weighted by Gasteiger charge is -2.15. The molecule has 0 N–H and O–H groups in total. The van der Waals surface area contributed by atoms with Crippen LogP contribution >= 0.6 is 0 Å². The van der Waals surface area contributed by atoms with Crippen LogP contribution in [0.1, 0.15) is 20.7 Å². The Hall–Kier alpha value is -4.69. The van der Waals surface area contributed by atoms with Gasteiger partial charge >= 0.3 is 11.9 Å². The predicted octanol–water partition coefficient (Wildman–Crippen LogP) is 6.81. The molecule has 0 fully saturated rings. The second-order valence-electron chi connectivity index (χ2n) is 7.42.